The van der Waals surface area contributed by atoms with Crippen LogP contribution in [0, 0.1) is 0 Å². The number of ether oxygens (including phenoxy) is 1. The van der Waals surface area contributed by atoms with Crippen LogP contribution in [0.4, 0.5) is 0 Å². The number of carbonyl (C=O) groups excluding carboxylic acids is 1. The van der Waals surface area contributed by atoms with Gasteiger partial charge in [0.15, 0.2) is 0 Å². The summed E-state index contributed by atoms with van der Waals surface area (Å²) in [5.41, 5.74) is 1.84. The molecule has 0 bridgehead atoms. The SMILES string of the molecule is CSC(=O)c1c2n(c3ccccc13)CCCCO2. The third-order valence-electron chi connectivity index (χ3n) is 3.33. The summed E-state index contributed by atoms with van der Waals surface area (Å²) in [5.74, 6) is 0.757. The van der Waals surface area contributed by atoms with Crippen LogP contribution in [-0.4, -0.2) is 22.5 Å². The van der Waals surface area contributed by atoms with Crippen LogP contribution in [0.1, 0.15) is 23.2 Å². The maximum absolute atomic E-state index is 12.1. The highest BCUT2D eigenvalue weighted by Crippen LogP contribution is 2.36. The Morgan fingerprint density at radius 3 is 3.00 bits per heavy atom. The lowest BCUT2D eigenvalue weighted by molar-refractivity contribution is 0.108. The van der Waals surface area contributed by atoms with Crippen molar-refractivity contribution in [3.8, 4) is 5.88 Å². The highest BCUT2D eigenvalue weighted by molar-refractivity contribution is 8.13. The summed E-state index contributed by atoms with van der Waals surface area (Å²) in [6.45, 7) is 1.63. The van der Waals surface area contributed by atoms with Crippen LogP contribution in [0.25, 0.3) is 10.9 Å². The Hall–Kier alpha value is -1.42. The van der Waals surface area contributed by atoms with Gasteiger partial charge in [0, 0.05) is 11.9 Å². The van der Waals surface area contributed by atoms with Gasteiger partial charge in [0.1, 0.15) is 0 Å². The molecule has 0 amide bonds. The van der Waals surface area contributed by atoms with Crippen molar-refractivity contribution in [3.05, 3.63) is 29.8 Å². The highest BCUT2D eigenvalue weighted by Gasteiger charge is 2.24. The number of hydrogen-bond donors (Lipinski definition) is 0. The van der Waals surface area contributed by atoms with E-state index < -0.39 is 0 Å². The molecule has 0 spiro atoms. The first kappa shape index (κ1) is 11.7. The Bertz CT molecular complexity index is 603. The lowest BCUT2D eigenvalue weighted by Crippen LogP contribution is -2.02. The van der Waals surface area contributed by atoms with Crippen LogP contribution >= 0.6 is 11.8 Å². The van der Waals surface area contributed by atoms with Crippen LogP contribution in [0.3, 0.4) is 0 Å². The van der Waals surface area contributed by atoms with Gasteiger partial charge in [0.05, 0.1) is 17.7 Å². The van der Waals surface area contributed by atoms with E-state index in [4.69, 9.17) is 4.74 Å². The highest BCUT2D eigenvalue weighted by atomic mass is 32.2. The summed E-state index contributed by atoms with van der Waals surface area (Å²) in [7, 11) is 0. The Labute approximate surface area is 110 Å². The zero-order valence-corrected chi connectivity index (χ0v) is 11.1. The second kappa shape index (κ2) is 4.69. The molecule has 2 aromatic rings. The molecule has 94 valence electrons. The molecule has 3 nitrogen and oxygen atoms in total. The molecule has 0 radical (unpaired) electrons. The first-order chi connectivity index (χ1) is 8.83. The predicted octanol–water partition coefficient (Wildman–Crippen LogP) is 3.32. The van der Waals surface area contributed by atoms with E-state index in [0.717, 1.165) is 41.7 Å². The van der Waals surface area contributed by atoms with Gasteiger partial charge >= 0.3 is 0 Å². The van der Waals surface area contributed by atoms with Gasteiger partial charge in [-0.2, -0.15) is 0 Å². The molecule has 4 heteroatoms. The minimum absolute atomic E-state index is 0.0850. The number of aryl methyl sites for hydroxylation is 1. The van der Waals surface area contributed by atoms with E-state index in [1.807, 2.05) is 24.5 Å². The van der Waals surface area contributed by atoms with E-state index in [1.165, 1.54) is 11.8 Å². The largest absolute Gasteiger partial charge is 0.478 e. The molecular weight excluding hydrogens is 246 g/mol. The van der Waals surface area contributed by atoms with Crippen molar-refractivity contribution < 1.29 is 9.53 Å². The van der Waals surface area contributed by atoms with E-state index in [9.17, 15) is 4.79 Å². The second-order valence-corrected chi connectivity index (χ2v) is 5.18. The number of fused-ring (bicyclic) bond motifs is 3. The zero-order chi connectivity index (χ0) is 12.5. The number of aromatic nitrogens is 1. The third-order valence-corrected chi connectivity index (χ3v) is 3.90. The van der Waals surface area contributed by atoms with Crippen molar-refractivity contribution in [2.45, 2.75) is 19.4 Å². The van der Waals surface area contributed by atoms with Gasteiger partial charge in [0.25, 0.3) is 0 Å². The quantitative estimate of drug-likeness (QED) is 0.789. The molecule has 0 saturated heterocycles. The number of rotatable bonds is 1. The molecule has 1 aliphatic heterocycles. The van der Waals surface area contributed by atoms with Gasteiger partial charge in [-0.3, -0.25) is 4.79 Å². The molecule has 0 atom stereocenters. The van der Waals surface area contributed by atoms with Gasteiger partial charge in [0.2, 0.25) is 11.0 Å². The fourth-order valence-electron chi connectivity index (χ4n) is 2.49. The average Bonchev–Trinajstić information content (AvgIpc) is 2.57. The van der Waals surface area contributed by atoms with Gasteiger partial charge < -0.3 is 9.30 Å². The Morgan fingerprint density at radius 2 is 2.17 bits per heavy atom. The maximum atomic E-state index is 12.1. The minimum Gasteiger partial charge on any atom is -0.478 e. The Kier molecular flexibility index (Phi) is 3.04. The van der Waals surface area contributed by atoms with Crippen molar-refractivity contribution in [3.63, 3.8) is 0 Å². The van der Waals surface area contributed by atoms with Crippen LogP contribution in [0.5, 0.6) is 5.88 Å². The predicted molar refractivity (Wildman–Crippen MR) is 74.5 cm³/mol. The molecule has 3 rings (SSSR count). The monoisotopic (exact) mass is 261 g/mol. The van der Waals surface area contributed by atoms with Crippen molar-refractivity contribution >= 4 is 27.8 Å². The number of carbonyl (C=O) groups is 1. The summed E-state index contributed by atoms with van der Waals surface area (Å²) in [6, 6.07) is 8.04. The Morgan fingerprint density at radius 1 is 1.33 bits per heavy atom. The number of thioether (sulfide) groups is 1. The molecule has 0 fully saturated rings. The molecular formula is C14H15NO2S. The number of benzene rings is 1. The molecule has 0 saturated carbocycles. The van der Waals surface area contributed by atoms with E-state index in [-0.39, 0.29) is 5.12 Å². The van der Waals surface area contributed by atoms with Crippen molar-refractivity contribution in [1.82, 2.24) is 4.57 Å². The number of nitrogens with zero attached hydrogens (tertiary/aromatic N) is 1. The normalized spacial score (nSPS) is 14.9. The number of hydrogen-bond acceptors (Lipinski definition) is 3. The van der Waals surface area contributed by atoms with Crippen molar-refractivity contribution in [1.29, 1.82) is 0 Å². The lowest BCUT2D eigenvalue weighted by atomic mass is 10.2. The first-order valence-electron chi connectivity index (χ1n) is 6.15. The molecule has 1 aliphatic rings. The van der Waals surface area contributed by atoms with Crippen LogP contribution in [0.2, 0.25) is 0 Å². The molecule has 2 heterocycles. The summed E-state index contributed by atoms with van der Waals surface area (Å²) < 4.78 is 7.96. The van der Waals surface area contributed by atoms with E-state index in [2.05, 4.69) is 10.6 Å². The number of para-hydroxylation sites is 1. The molecule has 1 aromatic heterocycles. The maximum Gasteiger partial charge on any atom is 0.225 e. The summed E-state index contributed by atoms with van der Waals surface area (Å²) in [4.78, 5) is 12.1. The van der Waals surface area contributed by atoms with Crippen LogP contribution in [0.15, 0.2) is 24.3 Å². The first-order valence-corrected chi connectivity index (χ1v) is 7.37. The summed E-state index contributed by atoms with van der Waals surface area (Å²) >= 11 is 1.24. The Balaban J connectivity index is 2.31. The summed E-state index contributed by atoms with van der Waals surface area (Å²) in [5, 5.41) is 1.09. The van der Waals surface area contributed by atoms with Gasteiger partial charge in [-0.25, -0.2) is 0 Å². The standard InChI is InChI=1S/C14H15NO2S/c1-18-14(16)12-10-6-2-3-7-11(10)15-8-4-5-9-17-13(12)15/h2-3,6-7H,4-5,8-9H2,1H3. The molecule has 18 heavy (non-hydrogen) atoms. The molecule has 0 unspecified atom stereocenters. The van der Waals surface area contributed by atoms with E-state index in [1.54, 1.807) is 0 Å². The third kappa shape index (κ3) is 1.72. The summed E-state index contributed by atoms with van der Waals surface area (Å²) in [6.07, 6.45) is 3.96. The fourth-order valence-corrected chi connectivity index (χ4v) is 2.89. The topological polar surface area (TPSA) is 31.2 Å². The average molecular weight is 261 g/mol. The smallest absolute Gasteiger partial charge is 0.225 e. The second-order valence-electron chi connectivity index (χ2n) is 4.40. The van der Waals surface area contributed by atoms with Gasteiger partial charge in [-0.1, -0.05) is 30.0 Å². The van der Waals surface area contributed by atoms with E-state index in [0.29, 0.717) is 6.61 Å². The van der Waals surface area contributed by atoms with E-state index >= 15 is 0 Å². The molecule has 0 N–H and O–H groups in total. The van der Waals surface area contributed by atoms with Crippen molar-refractivity contribution in [2.75, 3.05) is 12.9 Å². The van der Waals surface area contributed by atoms with Crippen molar-refractivity contribution in [2.24, 2.45) is 0 Å². The van der Waals surface area contributed by atoms with Crippen LogP contribution in [-0.2, 0) is 6.54 Å². The molecule has 0 aliphatic carbocycles. The zero-order valence-electron chi connectivity index (χ0n) is 10.3. The lowest BCUT2D eigenvalue weighted by Gasteiger charge is -2.07. The minimum atomic E-state index is 0.0850. The van der Waals surface area contributed by atoms with Gasteiger partial charge in [-0.05, 0) is 25.2 Å². The van der Waals surface area contributed by atoms with Crippen LogP contribution < -0.4 is 4.74 Å². The van der Waals surface area contributed by atoms with Gasteiger partial charge in [-0.15, -0.1) is 0 Å². The fraction of sp³-hybridized carbons (Fsp3) is 0.357. The molecule has 1 aromatic carbocycles.